The van der Waals surface area contributed by atoms with E-state index in [2.05, 4.69) is 27.3 Å². The highest BCUT2D eigenvalue weighted by Gasteiger charge is 2.02. The Morgan fingerprint density at radius 3 is 2.79 bits per heavy atom. The van der Waals surface area contributed by atoms with E-state index < -0.39 is 0 Å². The van der Waals surface area contributed by atoms with E-state index in [9.17, 15) is 0 Å². The van der Waals surface area contributed by atoms with Gasteiger partial charge in [-0.25, -0.2) is 0 Å². The van der Waals surface area contributed by atoms with Gasteiger partial charge in [0.2, 0.25) is 0 Å². The summed E-state index contributed by atoms with van der Waals surface area (Å²) in [6.45, 7) is 0.587. The van der Waals surface area contributed by atoms with E-state index in [-0.39, 0.29) is 0 Å². The molecule has 2 aromatic carbocycles. The lowest BCUT2D eigenvalue weighted by molar-refractivity contribution is 0.185. The van der Waals surface area contributed by atoms with Crippen LogP contribution in [0.5, 0.6) is 0 Å². The Hall–Kier alpha value is -1.83. The number of hydrogen-bond donors (Lipinski definition) is 1. The van der Waals surface area contributed by atoms with E-state index in [4.69, 9.17) is 10.00 Å². The van der Waals surface area contributed by atoms with Gasteiger partial charge in [-0.05, 0) is 51.8 Å². The maximum Gasteiger partial charge on any atom is 0.0992 e. The Balaban J connectivity index is 2.21. The van der Waals surface area contributed by atoms with Gasteiger partial charge in [-0.15, -0.1) is 0 Å². The van der Waals surface area contributed by atoms with E-state index in [0.29, 0.717) is 12.2 Å². The number of halogens is 1. The summed E-state index contributed by atoms with van der Waals surface area (Å²) in [7, 11) is 1.68. The van der Waals surface area contributed by atoms with Crippen LogP contribution in [0.2, 0.25) is 0 Å². The number of benzene rings is 2. The van der Waals surface area contributed by atoms with E-state index >= 15 is 0 Å². The first kappa shape index (κ1) is 13.6. The lowest BCUT2D eigenvalue weighted by Gasteiger charge is -2.10. The van der Waals surface area contributed by atoms with E-state index in [1.165, 1.54) is 0 Å². The minimum atomic E-state index is 0.587. The summed E-state index contributed by atoms with van der Waals surface area (Å²) in [5.41, 5.74) is 3.65. The second kappa shape index (κ2) is 6.37. The molecule has 3 nitrogen and oxygen atoms in total. The van der Waals surface area contributed by atoms with Gasteiger partial charge in [0.1, 0.15) is 0 Å². The Labute approximate surface area is 121 Å². The largest absolute Gasteiger partial charge is 0.380 e. The van der Waals surface area contributed by atoms with Crippen LogP contribution in [0.4, 0.5) is 11.4 Å². The first-order valence-electron chi connectivity index (χ1n) is 5.77. The van der Waals surface area contributed by atoms with E-state index in [1.54, 1.807) is 19.2 Å². The van der Waals surface area contributed by atoms with Crippen LogP contribution in [0.3, 0.4) is 0 Å². The molecule has 0 unspecified atom stereocenters. The molecule has 96 valence electrons. The second-order valence-corrected chi connectivity index (χ2v) is 4.92. The lowest BCUT2D eigenvalue weighted by Crippen LogP contribution is -1.94. The molecule has 0 aliphatic rings. The summed E-state index contributed by atoms with van der Waals surface area (Å²) >= 11 is 3.46. The molecular weight excluding hydrogens is 304 g/mol. The zero-order valence-electron chi connectivity index (χ0n) is 10.5. The van der Waals surface area contributed by atoms with Crippen LogP contribution in [-0.2, 0) is 11.3 Å². The molecule has 0 bridgehead atoms. The average molecular weight is 317 g/mol. The topological polar surface area (TPSA) is 45.0 Å². The van der Waals surface area contributed by atoms with Crippen LogP contribution in [0.25, 0.3) is 0 Å². The molecule has 0 aromatic heterocycles. The molecular formula is C15H13BrN2O. The van der Waals surface area contributed by atoms with E-state index in [0.717, 1.165) is 21.4 Å². The molecule has 0 atom stereocenters. The van der Waals surface area contributed by atoms with Crippen molar-refractivity contribution in [2.24, 2.45) is 0 Å². The minimum absolute atomic E-state index is 0.587. The summed E-state index contributed by atoms with van der Waals surface area (Å²) < 4.78 is 5.98. The van der Waals surface area contributed by atoms with Crippen molar-refractivity contribution in [1.82, 2.24) is 0 Å². The SMILES string of the molecule is COCc1cccc(Nc2ccc(C#N)cc2Br)c1. The van der Waals surface area contributed by atoms with Gasteiger partial charge in [0.25, 0.3) is 0 Å². The lowest BCUT2D eigenvalue weighted by atomic mass is 10.2. The smallest absolute Gasteiger partial charge is 0.0992 e. The molecule has 0 fully saturated rings. The van der Waals surface area contributed by atoms with Crippen LogP contribution >= 0.6 is 15.9 Å². The van der Waals surface area contributed by atoms with Gasteiger partial charge in [0.05, 0.1) is 23.9 Å². The van der Waals surface area contributed by atoms with Gasteiger partial charge < -0.3 is 10.1 Å². The summed E-state index contributed by atoms with van der Waals surface area (Å²) in [6, 6.07) is 15.6. The van der Waals surface area contributed by atoms with Crippen molar-refractivity contribution in [3.63, 3.8) is 0 Å². The quantitative estimate of drug-likeness (QED) is 0.919. The molecule has 0 amide bonds. The molecule has 1 N–H and O–H groups in total. The second-order valence-electron chi connectivity index (χ2n) is 4.06. The highest BCUT2D eigenvalue weighted by Crippen LogP contribution is 2.27. The maximum absolute atomic E-state index is 8.83. The third-order valence-corrected chi connectivity index (χ3v) is 3.27. The Morgan fingerprint density at radius 1 is 1.26 bits per heavy atom. The molecule has 0 aliphatic heterocycles. The van der Waals surface area contributed by atoms with E-state index in [1.807, 2.05) is 30.3 Å². The minimum Gasteiger partial charge on any atom is -0.380 e. The molecule has 0 saturated heterocycles. The van der Waals surface area contributed by atoms with Crippen molar-refractivity contribution < 1.29 is 4.74 Å². The maximum atomic E-state index is 8.83. The van der Waals surface area contributed by atoms with Crippen molar-refractivity contribution >= 4 is 27.3 Å². The van der Waals surface area contributed by atoms with Crippen LogP contribution in [-0.4, -0.2) is 7.11 Å². The van der Waals surface area contributed by atoms with Crippen LogP contribution in [0, 0.1) is 11.3 Å². The Kier molecular flexibility index (Phi) is 4.56. The molecule has 0 spiro atoms. The zero-order chi connectivity index (χ0) is 13.7. The normalized spacial score (nSPS) is 9.95. The molecule has 2 rings (SSSR count). The first-order chi connectivity index (χ1) is 9.22. The number of anilines is 2. The van der Waals surface area contributed by atoms with Gasteiger partial charge in [-0.3, -0.25) is 0 Å². The molecule has 4 heteroatoms. The number of methoxy groups -OCH3 is 1. The highest BCUT2D eigenvalue weighted by molar-refractivity contribution is 9.10. The number of hydrogen-bond acceptors (Lipinski definition) is 3. The summed E-state index contributed by atoms with van der Waals surface area (Å²) in [5.74, 6) is 0. The highest BCUT2D eigenvalue weighted by atomic mass is 79.9. The van der Waals surface area contributed by atoms with Gasteiger partial charge in [0.15, 0.2) is 0 Å². The number of ether oxygens (including phenoxy) is 1. The predicted octanol–water partition coefficient (Wildman–Crippen LogP) is 4.21. The van der Waals surface area contributed by atoms with Crippen molar-refractivity contribution in [1.29, 1.82) is 5.26 Å². The molecule has 19 heavy (non-hydrogen) atoms. The third-order valence-electron chi connectivity index (χ3n) is 2.62. The van der Waals surface area contributed by atoms with Crippen molar-refractivity contribution in [2.45, 2.75) is 6.61 Å². The van der Waals surface area contributed by atoms with Crippen LogP contribution in [0.1, 0.15) is 11.1 Å². The van der Waals surface area contributed by atoms with Gasteiger partial charge in [-0.1, -0.05) is 12.1 Å². The monoisotopic (exact) mass is 316 g/mol. The summed E-state index contributed by atoms with van der Waals surface area (Å²) in [5, 5.41) is 12.1. The first-order valence-corrected chi connectivity index (χ1v) is 6.57. The number of nitriles is 1. The van der Waals surface area contributed by atoms with Crippen molar-refractivity contribution in [3.8, 4) is 6.07 Å². The predicted molar refractivity (Wildman–Crippen MR) is 79.3 cm³/mol. The Morgan fingerprint density at radius 2 is 2.11 bits per heavy atom. The number of rotatable bonds is 4. The fourth-order valence-corrected chi connectivity index (χ4v) is 2.22. The van der Waals surface area contributed by atoms with Crippen molar-refractivity contribution in [3.05, 3.63) is 58.1 Å². The molecule has 0 heterocycles. The zero-order valence-corrected chi connectivity index (χ0v) is 12.1. The molecule has 2 aromatic rings. The van der Waals surface area contributed by atoms with Crippen LogP contribution < -0.4 is 5.32 Å². The van der Waals surface area contributed by atoms with Gasteiger partial charge in [0, 0.05) is 17.3 Å². The summed E-state index contributed by atoms with van der Waals surface area (Å²) in [4.78, 5) is 0. The van der Waals surface area contributed by atoms with Crippen molar-refractivity contribution in [2.75, 3.05) is 12.4 Å². The average Bonchev–Trinajstić information content (AvgIpc) is 2.42. The fourth-order valence-electron chi connectivity index (χ4n) is 1.75. The number of nitrogens with zero attached hydrogens (tertiary/aromatic N) is 1. The molecule has 0 saturated carbocycles. The molecule has 0 aliphatic carbocycles. The number of nitrogens with one attached hydrogen (secondary N) is 1. The van der Waals surface area contributed by atoms with Gasteiger partial charge in [-0.2, -0.15) is 5.26 Å². The molecule has 0 radical (unpaired) electrons. The third kappa shape index (κ3) is 3.57. The summed E-state index contributed by atoms with van der Waals surface area (Å²) in [6.07, 6.45) is 0. The Bertz CT molecular complexity index is 620. The standard InChI is InChI=1S/C15H13BrN2O/c1-19-10-12-3-2-4-13(7-12)18-15-6-5-11(9-17)8-14(15)16/h2-8,18H,10H2,1H3. The van der Waals surface area contributed by atoms with Crippen LogP contribution in [0.15, 0.2) is 46.9 Å². The van der Waals surface area contributed by atoms with Gasteiger partial charge >= 0.3 is 0 Å². The fraction of sp³-hybridized carbons (Fsp3) is 0.133.